The average Bonchev–Trinajstić information content (AvgIpc) is 3.31. The monoisotopic (exact) mass is 463 g/mol. The first-order valence-corrected chi connectivity index (χ1v) is 12.9. The Morgan fingerprint density at radius 1 is 1.06 bits per heavy atom. The number of carbonyl (C=O) groups is 1. The lowest BCUT2D eigenvalue weighted by molar-refractivity contribution is -0.122. The second-order valence-corrected chi connectivity index (χ2v) is 10.8. The van der Waals surface area contributed by atoms with Crippen LogP contribution in [-0.4, -0.2) is 22.4 Å². The molecule has 1 saturated carbocycles. The molecule has 0 unspecified atom stereocenters. The molecule has 33 heavy (non-hydrogen) atoms. The summed E-state index contributed by atoms with van der Waals surface area (Å²) < 4.78 is 0. The third kappa shape index (κ3) is 4.07. The van der Waals surface area contributed by atoms with Gasteiger partial charge in [-0.15, -0.1) is 0 Å². The number of imidazole rings is 1. The molecule has 174 valence electrons. The summed E-state index contributed by atoms with van der Waals surface area (Å²) in [7, 11) is 0. The molecule has 1 aliphatic carbocycles. The zero-order valence-corrected chi connectivity index (χ0v) is 20.7. The van der Waals surface area contributed by atoms with Crippen molar-refractivity contribution in [2.45, 2.75) is 83.0 Å². The van der Waals surface area contributed by atoms with E-state index in [2.05, 4.69) is 50.0 Å². The van der Waals surface area contributed by atoms with Crippen LogP contribution in [0.25, 0.3) is 11.0 Å². The number of nitrogens with one attached hydrogen (secondary N) is 1. The van der Waals surface area contributed by atoms with E-state index in [0.29, 0.717) is 11.8 Å². The number of halogens is 1. The number of benzene rings is 2. The zero-order chi connectivity index (χ0) is 23.2. The fourth-order valence-electron chi connectivity index (χ4n) is 5.72. The van der Waals surface area contributed by atoms with Gasteiger partial charge in [0.15, 0.2) is 0 Å². The van der Waals surface area contributed by atoms with Crippen LogP contribution in [0.5, 0.6) is 0 Å². The van der Waals surface area contributed by atoms with E-state index in [4.69, 9.17) is 16.6 Å². The molecule has 1 N–H and O–H groups in total. The van der Waals surface area contributed by atoms with Crippen molar-refractivity contribution in [1.29, 1.82) is 0 Å². The van der Waals surface area contributed by atoms with Gasteiger partial charge >= 0.3 is 0 Å². The Hall–Kier alpha value is -2.33. The van der Waals surface area contributed by atoms with Gasteiger partial charge in [-0.3, -0.25) is 4.79 Å². The van der Waals surface area contributed by atoms with E-state index in [1.54, 1.807) is 0 Å². The smallest absolute Gasteiger partial charge is 0.237 e. The summed E-state index contributed by atoms with van der Waals surface area (Å²) >= 11 is 6.06. The number of H-pyrrole nitrogens is 1. The lowest BCUT2D eigenvalue weighted by Crippen LogP contribution is -2.36. The van der Waals surface area contributed by atoms with Crippen molar-refractivity contribution in [3.63, 3.8) is 0 Å². The number of fused-ring (bicyclic) bond motifs is 2. The number of rotatable bonds is 6. The van der Waals surface area contributed by atoms with Crippen LogP contribution in [-0.2, 0) is 10.2 Å². The van der Waals surface area contributed by atoms with E-state index in [0.717, 1.165) is 71.8 Å². The van der Waals surface area contributed by atoms with Gasteiger partial charge in [0.05, 0.1) is 22.1 Å². The quantitative estimate of drug-likeness (QED) is 0.385. The Labute approximate surface area is 201 Å². The van der Waals surface area contributed by atoms with Crippen molar-refractivity contribution in [2.75, 3.05) is 11.4 Å². The fraction of sp³-hybridized carbons (Fsp3) is 0.500. The van der Waals surface area contributed by atoms with Crippen LogP contribution >= 0.6 is 11.6 Å². The summed E-state index contributed by atoms with van der Waals surface area (Å²) in [6.07, 6.45) is 7.96. The van der Waals surface area contributed by atoms with Crippen LogP contribution in [0.4, 0.5) is 5.69 Å². The SMILES string of the molecule is CCCCCN1C(=O)C(C)(C)c2cc3[nH]c(C4CCC(c5ccc(Cl)cc5)CC4)nc3cc21. The maximum atomic E-state index is 13.1. The lowest BCUT2D eigenvalue weighted by atomic mass is 9.78. The molecule has 1 aliphatic heterocycles. The molecule has 1 amide bonds. The van der Waals surface area contributed by atoms with Crippen molar-refractivity contribution in [1.82, 2.24) is 9.97 Å². The maximum Gasteiger partial charge on any atom is 0.237 e. The number of nitrogens with zero attached hydrogens (tertiary/aromatic N) is 2. The van der Waals surface area contributed by atoms with Crippen LogP contribution < -0.4 is 4.90 Å². The highest BCUT2D eigenvalue weighted by Crippen LogP contribution is 2.45. The molecule has 2 aromatic carbocycles. The number of aromatic amines is 1. The number of hydrogen-bond acceptors (Lipinski definition) is 2. The third-order valence-electron chi connectivity index (χ3n) is 7.80. The van der Waals surface area contributed by atoms with Crippen molar-refractivity contribution >= 4 is 34.2 Å². The lowest BCUT2D eigenvalue weighted by Gasteiger charge is -2.27. The van der Waals surface area contributed by atoms with Gasteiger partial charge in [-0.25, -0.2) is 4.98 Å². The normalized spacial score (nSPS) is 22.2. The second-order valence-electron chi connectivity index (χ2n) is 10.4. The summed E-state index contributed by atoms with van der Waals surface area (Å²) in [5, 5.41) is 0.801. The first-order valence-electron chi connectivity index (χ1n) is 12.5. The van der Waals surface area contributed by atoms with Crippen molar-refractivity contribution in [2.24, 2.45) is 0 Å². The summed E-state index contributed by atoms with van der Waals surface area (Å²) in [5.74, 6) is 2.38. The highest BCUT2D eigenvalue weighted by Gasteiger charge is 2.44. The van der Waals surface area contributed by atoms with Crippen LogP contribution in [0.3, 0.4) is 0 Å². The Morgan fingerprint density at radius 3 is 2.45 bits per heavy atom. The molecular weight excluding hydrogens is 430 g/mol. The first kappa shape index (κ1) is 22.5. The molecule has 0 atom stereocenters. The van der Waals surface area contributed by atoms with Gasteiger partial charge in [0.1, 0.15) is 5.82 Å². The van der Waals surface area contributed by atoms with Gasteiger partial charge in [0.2, 0.25) is 5.91 Å². The van der Waals surface area contributed by atoms with Gasteiger partial charge in [-0.1, -0.05) is 43.5 Å². The minimum atomic E-state index is -0.488. The van der Waals surface area contributed by atoms with Crippen LogP contribution in [0, 0.1) is 0 Å². The molecule has 2 heterocycles. The Bertz CT molecular complexity index is 1160. The van der Waals surface area contributed by atoms with Crippen LogP contribution in [0.1, 0.15) is 94.5 Å². The number of amides is 1. The molecule has 5 heteroatoms. The molecule has 0 radical (unpaired) electrons. The minimum Gasteiger partial charge on any atom is -0.342 e. The molecule has 5 rings (SSSR count). The predicted molar refractivity (Wildman–Crippen MR) is 136 cm³/mol. The van der Waals surface area contributed by atoms with Gasteiger partial charge in [0.25, 0.3) is 0 Å². The van der Waals surface area contributed by atoms with Crippen molar-refractivity contribution in [3.05, 3.63) is 58.4 Å². The molecular formula is C28H34ClN3O. The van der Waals surface area contributed by atoms with Gasteiger partial charge < -0.3 is 9.88 Å². The Kier molecular flexibility index (Phi) is 5.98. The minimum absolute atomic E-state index is 0.210. The number of anilines is 1. The summed E-state index contributed by atoms with van der Waals surface area (Å²) in [5.41, 5.74) is 5.12. The van der Waals surface area contributed by atoms with Crippen molar-refractivity contribution in [3.8, 4) is 0 Å². The first-order chi connectivity index (χ1) is 15.9. The standard InChI is InChI=1S/C28H34ClN3O/c1-4-5-6-15-32-25-17-24-23(16-22(25)28(2,3)27(32)33)30-26(31-24)20-9-7-18(8-10-20)19-11-13-21(29)14-12-19/h11-14,16-18,20H,4-10,15H2,1-3H3,(H,30,31). The summed E-state index contributed by atoms with van der Waals surface area (Å²) in [6.45, 7) is 7.09. The molecule has 4 nitrogen and oxygen atoms in total. The Balaban J connectivity index is 1.37. The van der Waals surface area contributed by atoms with Gasteiger partial charge in [-0.2, -0.15) is 0 Å². The predicted octanol–water partition coefficient (Wildman–Crippen LogP) is 7.47. The summed E-state index contributed by atoms with van der Waals surface area (Å²) in [4.78, 5) is 23.8. The van der Waals surface area contributed by atoms with E-state index in [9.17, 15) is 4.79 Å². The van der Waals surface area contributed by atoms with E-state index < -0.39 is 5.41 Å². The molecule has 1 fully saturated rings. The number of aromatic nitrogens is 2. The molecule has 3 aromatic rings. The van der Waals surface area contributed by atoms with Crippen molar-refractivity contribution < 1.29 is 4.79 Å². The average molecular weight is 464 g/mol. The number of hydrogen-bond donors (Lipinski definition) is 1. The van der Waals surface area contributed by atoms with Gasteiger partial charge in [0, 0.05) is 17.5 Å². The maximum absolute atomic E-state index is 13.1. The molecule has 1 aromatic heterocycles. The van der Waals surface area contributed by atoms with E-state index in [-0.39, 0.29) is 5.91 Å². The number of carbonyl (C=O) groups excluding carboxylic acids is 1. The van der Waals surface area contributed by atoms with Crippen LogP contribution in [0.2, 0.25) is 5.02 Å². The third-order valence-corrected chi connectivity index (χ3v) is 8.05. The molecule has 0 spiro atoms. The zero-order valence-electron chi connectivity index (χ0n) is 20.0. The van der Waals surface area contributed by atoms with Gasteiger partial charge in [-0.05, 0) is 87.3 Å². The van der Waals surface area contributed by atoms with E-state index >= 15 is 0 Å². The molecule has 0 saturated heterocycles. The van der Waals surface area contributed by atoms with Crippen LogP contribution in [0.15, 0.2) is 36.4 Å². The van der Waals surface area contributed by atoms with E-state index in [1.807, 2.05) is 17.0 Å². The Morgan fingerprint density at radius 2 is 1.76 bits per heavy atom. The highest BCUT2D eigenvalue weighted by molar-refractivity contribution is 6.30. The largest absolute Gasteiger partial charge is 0.342 e. The fourth-order valence-corrected chi connectivity index (χ4v) is 5.85. The topological polar surface area (TPSA) is 49.0 Å². The van der Waals surface area contributed by atoms with E-state index in [1.165, 1.54) is 18.4 Å². The second kappa shape index (κ2) is 8.79. The highest BCUT2D eigenvalue weighted by atomic mass is 35.5. The number of unbranched alkanes of at least 4 members (excludes halogenated alkanes) is 2. The molecule has 2 aliphatic rings. The molecule has 0 bridgehead atoms. The summed E-state index contributed by atoms with van der Waals surface area (Å²) in [6, 6.07) is 12.7.